The van der Waals surface area contributed by atoms with Crippen LogP contribution in [0.5, 0.6) is 0 Å². The molecule has 0 spiro atoms. The molecule has 2 heterocycles. The Morgan fingerprint density at radius 3 is 0.724 bits per heavy atom. The van der Waals surface area contributed by atoms with Crippen molar-refractivity contribution in [3.63, 3.8) is 0 Å². The quantitative estimate of drug-likeness (QED) is 0.0540. The Balaban J connectivity index is 1.41. The number of hydrogen-bond donors (Lipinski definition) is 4. The molecule has 16 nitrogen and oxygen atoms in total. The Kier molecular flexibility index (Phi) is 13.0. The van der Waals surface area contributed by atoms with Crippen LogP contribution < -0.4 is 21.3 Å². The number of nitrogens with one attached hydrogen (secondary N) is 4. The molecule has 0 aliphatic heterocycles. The van der Waals surface area contributed by atoms with Crippen LogP contribution in [0.4, 0.5) is 46.0 Å². The van der Waals surface area contributed by atoms with Crippen LogP contribution in [-0.4, -0.2) is 70.2 Å². The molecular formula is C42H40N8O8. The fourth-order valence-electron chi connectivity index (χ4n) is 5.40. The Morgan fingerprint density at radius 2 is 0.552 bits per heavy atom. The summed E-state index contributed by atoms with van der Waals surface area (Å²) in [6.07, 6.45) is 0. The van der Waals surface area contributed by atoms with Gasteiger partial charge in [0.2, 0.25) is 11.3 Å². The van der Waals surface area contributed by atoms with Gasteiger partial charge in [-0.15, -0.1) is 0 Å². The van der Waals surface area contributed by atoms with Crippen molar-refractivity contribution in [3.8, 4) is 0 Å². The SMILES string of the molecule is CCOC(=O)c1ccc(Nc2nc3nc(Nc4ccc(C(=O)OCC)cc4)c(Nc4ccc(C(=O)OCC)cc4)nc3nc2Nc2ccc(C(=O)OCC)cc2)cc1. The van der Waals surface area contributed by atoms with Crippen molar-refractivity contribution >= 4 is 81.2 Å². The normalized spacial score (nSPS) is 10.6. The van der Waals surface area contributed by atoms with E-state index in [0.29, 0.717) is 45.0 Å². The summed E-state index contributed by atoms with van der Waals surface area (Å²) >= 11 is 0. The summed E-state index contributed by atoms with van der Waals surface area (Å²) in [5, 5.41) is 13.0. The number of anilines is 8. The summed E-state index contributed by atoms with van der Waals surface area (Å²) < 4.78 is 20.5. The van der Waals surface area contributed by atoms with E-state index < -0.39 is 23.9 Å². The fraction of sp³-hybridized carbons (Fsp3) is 0.190. The lowest BCUT2D eigenvalue weighted by atomic mass is 10.2. The van der Waals surface area contributed by atoms with Crippen molar-refractivity contribution in [3.05, 3.63) is 119 Å². The van der Waals surface area contributed by atoms with Crippen LogP contribution in [0.3, 0.4) is 0 Å². The van der Waals surface area contributed by atoms with E-state index in [9.17, 15) is 19.2 Å². The lowest BCUT2D eigenvalue weighted by Crippen LogP contribution is -2.09. The molecule has 0 unspecified atom stereocenters. The molecule has 0 radical (unpaired) electrons. The lowest BCUT2D eigenvalue weighted by molar-refractivity contribution is 0.0517. The second-order valence-corrected chi connectivity index (χ2v) is 12.2. The van der Waals surface area contributed by atoms with Crippen molar-refractivity contribution in [1.29, 1.82) is 0 Å². The zero-order valence-corrected chi connectivity index (χ0v) is 32.1. The second-order valence-electron chi connectivity index (χ2n) is 12.2. The van der Waals surface area contributed by atoms with Crippen LogP contribution in [0.1, 0.15) is 69.1 Å². The fourth-order valence-corrected chi connectivity index (χ4v) is 5.40. The van der Waals surface area contributed by atoms with Crippen LogP contribution in [0, 0.1) is 0 Å². The first-order valence-corrected chi connectivity index (χ1v) is 18.4. The van der Waals surface area contributed by atoms with E-state index in [4.69, 9.17) is 38.9 Å². The predicted molar refractivity (Wildman–Crippen MR) is 218 cm³/mol. The van der Waals surface area contributed by atoms with Gasteiger partial charge in [0.25, 0.3) is 0 Å². The molecule has 0 aliphatic carbocycles. The van der Waals surface area contributed by atoms with Gasteiger partial charge in [-0.3, -0.25) is 0 Å². The molecule has 16 heteroatoms. The average molecular weight is 785 g/mol. The molecule has 0 atom stereocenters. The van der Waals surface area contributed by atoms with Crippen molar-refractivity contribution in [1.82, 2.24) is 19.9 Å². The maximum atomic E-state index is 12.3. The van der Waals surface area contributed by atoms with Gasteiger partial charge in [0, 0.05) is 22.7 Å². The molecule has 0 fully saturated rings. The summed E-state index contributed by atoms with van der Waals surface area (Å²) in [5.74, 6) is -0.728. The summed E-state index contributed by atoms with van der Waals surface area (Å²) in [6.45, 7) is 7.93. The van der Waals surface area contributed by atoms with E-state index in [1.165, 1.54) is 0 Å². The van der Waals surface area contributed by atoms with E-state index in [2.05, 4.69) is 21.3 Å². The van der Waals surface area contributed by atoms with Crippen LogP contribution in [0.15, 0.2) is 97.1 Å². The first kappa shape index (κ1) is 40.1. The van der Waals surface area contributed by atoms with Crippen molar-refractivity contribution in [2.75, 3.05) is 47.7 Å². The maximum Gasteiger partial charge on any atom is 0.338 e. The van der Waals surface area contributed by atoms with E-state index in [-0.39, 0.29) is 61.0 Å². The van der Waals surface area contributed by atoms with E-state index in [1.807, 2.05) is 0 Å². The molecule has 0 bridgehead atoms. The Bertz CT molecular complexity index is 2070. The van der Waals surface area contributed by atoms with Crippen LogP contribution in [0.2, 0.25) is 0 Å². The van der Waals surface area contributed by atoms with Gasteiger partial charge in [-0.25, -0.2) is 39.1 Å². The third-order valence-electron chi connectivity index (χ3n) is 8.15. The first-order valence-electron chi connectivity index (χ1n) is 18.4. The number of carbonyl (C=O) groups excluding carboxylic acids is 4. The number of benzene rings is 4. The van der Waals surface area contributed by atoms with Crippen LogP contribution in [0.25, 0.3) is 11.3 Å². The zero-order chi connectivity index (χ0) is 41.0. The van der Waals surface area contributed by atoms with Crippen molar-refractivity contribution < 1.29 is 38.1 Å². The van der Waals surface area contributed by atoms with Gasteiger partial charge in [-0.05, 0) is 125 Å². The molecule has 2 aromatic heterocycles. The summed E-state index contributed by atoms with van der Waals surface area (Å²) in [7, 11) is 0. The standard InChI is InChI=1S/C42H40N8O8/c1-5-55-39(51)25-9-17-29(18-10-25)43-33-34(44-30-19-11-26(12-20-30)40(52)56-6-2)48-38-37(47-33)49-35(45-31-21-13-27(14-22-31)41(53)57-7-3)36(50-38)46-32-23-15-28(16-24-32)42(54)58-8-4/h9-24H,5-8H2,1-4H3,(H2,43,45,47,49)(H2,44,46,48,50). The minimum Gasteiger partial charge on any atom is -0.462 e. The van der Waals surface area contributed by atoms with Crippen LogP contribution in [-0.2, 0) is 18.9 Å². The molecule has 0 amide bonds. The molecule has 58 heavy (non-hydrogen) atoms. The van der Waals surface area contributed by atoms with Gasteiger partial charge in [-0.2, -0.15) is 0 Å². The number of carbonyl (C=O) groups is 4. The molecule has 6 rings (SSSR count). The number of hydrogen-bond acceptors (Lipinski definition) is 16. The highest BCUT2D eigenvalue weighted by molar-refractivity contribution is 5.93. The van der Waals surface area contributed by atoms with Gasteiger partial charge in [0.1, 0.15) is 0 Å². The number of rotatable bonds is 16. The molecule has 4 N–H and O–H groups in total. The van der Waals surface area contributed by atoms with Crippen molar-refractivity contribution in [2.24, 2.45) is 0 Å². The van der Waals surface area contributed by atoms with Gasteiger partial charge in [-0.1, -0.05) is 0 Å². The zero-order valence-electron chi connectivity index (χ0n) is 32.1. The highest BCUT2D eigenvalue weighted by atomic mass is 16.5. The topological polar surface area (TPSA) is 205 Å². The van der Waals surface area contributed by atoms with Crippen LogP contribution >= 0.6 is 0 Å². The van der Waals surface area contributed by atoms with E-state index in [0.717, 1.165) is 0 Å². The van der Waals surface area contributed by atoms with Gasteiger partial charge in [0.15, 0.2) is 23.3 Å². The number of esters is 4. The lowest BCUT2D eigenvalue weighted by Gasteiger charge is -2.16. The van der Waals surface area contributed by atoms with Gasteiger partial charge >= 0.3 is 23.9 Å². The predicted octanol–water partition coefficient (Wildman–Crippen LogP) is 8.10. The molecule has 6 aromatic rings. The third-order valence-corrected chi connectivity index (χ3v) is 8.15. The molecular weight excluding hydrogens is 745 g/mol. The smallest absolute Gasteiger partial charge is 0.338 e. The number of ether oxygens (including phenoxy) is 4. The summed E-state index contributed by atoms with van der Waals surface area (Å²) in [6, 6.07) is 26.6. The van der Waals surface area contributed by atoms with Gasteiger partial charge in [0.05, 0.1) is 48.7 Å². The third kappa shape index (κ3) is 9.97. The monoisotopic (exact) mass is 784 g/mol. The minimum atomic E-state index is -0.446. The second kappa shape index (κ2) is 18.8. The summed E-state index contributed by atoms with van der Waals surface area (Å²) in [5.41, 5.74) is 4.16. The number of nitrogens with zero attached hydrogens (tertiary/aromatic N) is 4. The van der Waals surface area contributed by atoms with E-state index >= 15 is 0 Å². The summed E-state index contributed by atoms with van der Waals surface area (Å²) in [4.78, 5) is 68.5. The average Bonchev–Trinajstić information content (AvgIpc) is 3.23. The molecule has 0 aliphatic rings. The minimum absolute atomic E-state index is 0.155. The maximum absolute atomic E-state index is 12.3. The largest absolute Gasteiger partial charge is 0.462 e. The highest BCUT2D eigenvalue weighted by Crippen LogP contribution is 2.32. The van der Waals surface area contributed by atoms with Crippen molar-refractivity contribution in [2.45, 2.75) is 27.7 Å². The highest BCUT2D eigenvalue weighted by Gasteiger charge is 2.18. The Labute approximate surface area is 333 Å². The molecule has 0 saturated heterocycles. The first-order chi connectivity index (χ1) is 28.2. The molecule has 0 saturated carbocycles. The Morgan fingerprint density at radius 1 is 0.362 bits per heavy atom. The molecule has 4 aromatic carbocycles. The van der Waals surface area contributed by atoms with E-state index in [1.54, 1.807) is 125 Å². The number of aromatic nitrogens is 4. The van der Waals surface area contributed by atoms with Gasteiger partial charge < -0.3 is 40.2 Å². The number of fused-ring (bicyclic) bond motifs is 1. The Hall–Kier alpha value is -7.62. The molecule has 296 valence electrons.